The van der Waals surface area contributed by atoms with Crippen molar-refractivity contribution < 1.29 is 14.7 Å². The fraction of sp³-hybridized carbons (Fsp3) is 0.583. The van der Waals surface area contributed by atoms with Gasteiger partial charge in [0.2, 0.25) is 0 Å². The van der Waals surface area contributed by atoms with E-state index in [0.717, 1.165) is 17.8 Å². The lowest BCUT2D eigenvalue weighted by molar-refractivity contribution is 0.0873. The molecule has 0 saturated carbocycles. The Bertz CT molecular complexity index is 992. The van der Waals surface area contributed by atoms with Crippen molar-refractivity contribution >= 4 is 17.8 Å². The number of carbonyl (C=O) groups is 2. The highest BCUT2D eigenvalue weighted by Gasteiger charge is 2.45. The molecule has 0 bridgehead atoms. The number of hydrogen-bond acceptors (Lipinski definition) is 6. The van der Waals surface area contributed by atoms with E-state index in [9.17, 15) is 14.7 Å². The van der Waals surface area contributed by atoms with Gasteiger partial charge in [-0.05, 0) is 52.8 Å². The summed E-state index contributed by atoms with van der Waals surface area (Å²) in [5.74, 6) is 0.252. The quantitative estimate of drug-likeness (QED) is 0.517. The van der Waals surface area contributed by atoms with Crippen molar-refractivity contribution in [1.82, 2.24) is 29.9 Å². The summed E-state index contributed by atoms with van der Waals surface area (Å²) in [4.78, 5) is 36.2. The van der Waals surface area contributed by atoms with Crippen molar-refractivity contribution in [2.24, 2.45) is 5.92 Å². The summed E-state index contributed by atoms with van der Waals surface area (Å²) >= 11 is 0. The second-order valence-corrected chi connectivity index (χ2v) is 9.67. The predicted molar refractivity (Wildman–Crippen MR) is 130 cm³/mol. The van der Waals surface area contributed by atoms with Gasteiger partial charge < -0.3 is 25.1 Å². The van der Waals surface area contributed by atoms with Crippen molar-refractivity contribution in [3.05, 3.63) is 41.3 Å². The number of anilines is 1. The third-order valence-electron chi connectivity index (χ3n) is 6.46. The molecule has 0 aliphatic carbocycles. The number of aliphatic hydroxyl groups excluding tert-OH is 1. The zero-order chi connectivity index (χ0) is 25.0. The van der Waals surface area contributed by atoms with Crippen molar-refractivity contribution in [3.8, 4) is 0 Å². The number of likely N-dealkylation sites (N-methyl/N-ethyl adjacent to an activating group) is 2. The number of aliphatic hydroxyl groups is 1. The van der Waals surface area contributed by atoms with Crippen LogP contribution in [0.5, 0.6) is 0 Å². The second-order valence-electron chi connectivity index (χ2n) is 9.67. The zero-order valence-electron chi connectivity index (χ0n) is 21.0. The molecule has 2 aromatic rings. The Morgan fingerprint density at radius 1 is 1.29 bits per heavy atom. The number of rotatable bonds is 9. The van der Waals surface area contributed by atoms with Gasteiger partial charge in [-0.15, -0.1) is 0 Å². The normalized spacial score (nSPS) is 16.3. The minimum Gasteiger partial charge on any atom is -0.396 e. The maximum Gasteiger partial charge on any atom is 0.321 e. The average Bonchev–Trinajstić information content (AvgIpc) is 3.32. The standard InChI is InChI=1S/C24H37N7O3/c1-7-30(17(3)13-29(6)12-16(2)15-32)23(34)31-14-18-20(24(31,4)5)27-28-21(18)26-22(33)19-10-8-9-11-25-19/h8-11,16-17,32H,7,12-15H2,1-6H3,(H2,26,27,28,33)/t16-,17-/m0/s1. The second kappa shape index (κ2) is 10.5. The molecule has 3 heterocycles. The molecule has 186 valence electrons. The van der Waals surface area contributed by atoms with E-state index in [4.69, 9.17) is 0 Å². The molecule has 3 amide bonds. The number of amides is 3. The number of nitrogens with zero attached hydrogens (tertiary/aromatic N) is 5. The van der Waals surface area contributed by atoms with Crippen LogP contribution in [0.1, 0.15) is 56.4 Å². The van der Waals surface area contributed by atoms with Crippen LogP contribution in [-0.2, 0) is 12.1 Å². The third kappa shape index (κ3) is 5.23. The van der Waals surface area contributed by atoms with Gasteiger partial charge in [-0.25, -0.2) is 4.79 Å². The minimum absolute atomic E-state index is 0.00964. The van der Waals surface area contributed by atoms with Gasteiger partial charge >= 0.3 is 6.03 Å². The molecule has 0 spiro atoms. The number of nitrogens with one attached hydrogen (secondary N) is 2. The van der Waals surface area contributed by atoms with Crippen molar-refractivity contribution in [1.29, 1.82) is 0 Å². The summed E-state index contributed by atoms with van der Waals surface area (Å²) in [5.41, 5.74) is 1.31. The molecule has 0 fully saturated rings. The van der Waals surface area contributed by atoms with Crippen LogP contribution in [0.2, 0.25) is 0 Å². The SMILES string of the molecule is CCN(C(=O)N1Cc2c(NC(=O)c3ccccn3)n[nH]c2C1(C)C)[C@@H](C)CN(C)C[C@H](C)CO. The summed E-state index contributed by atoms with van der Waals surface area (Å²) in [5, 5.41) is 19.5. The molecule has 3 N–H and O–H groups in total. The Balaban J connectivity index is 1.74. The Morgan fingerprint density at radius 3 is 2.65 bits per heavy atom. The number of aromatic amines is 1. The Morgan fingerprint density at radius 2 is 2.03 bits per heavy atom. The van der Waals surface area contributed by atoms with Crippen LogP contribution in [0.4, 0.5) is 10.6 Å². The van der Waals surface area contributed by atoms with E-state index in [1.54, 1.807) is 24.4 Å². The maximum atomic E-state index is 13.7. The molecule has 0 unspecified atom stereocenters. The summed E-state index contributed by atoms with van der Waals surface area (Å²) in [7, 11) is 2.01. The molecular formula is C24H37N7O3. The topological polar surface area (TPSA) is 118 Å². The van der Waals surface area contributed by atoms with Crippen molar-refractivity contribution in [2.45, 2.75) is 52.7 Å². The monoisotopic (exact) mass is 471 g/mol. The van der Waals surface area contributed by atoms with Gasteiger partial charge in [0.1, 0.15) is 5.69 Å². The first kappa shape index (κ1) is 25.6. The molecular weight excluding hydrogens is 434 g/mol. The summed E-state index contributed by atoms with van der Waals surface area (Å²) in [6.07, 6.45) is 1.57. The molecule has 2 atom stereocenters. The number of fused-ring (bicyclic) bond motifs is 1. The summed E-state index contributed by atoms with van der Waals surface area (Å²) in [6, 6.07) is 5.07. The Labute approximate surface area is 201 Å². The van der Waals surface area contributed by atoms with Gasteiger partial charge in [0.15, 0.2) is 5.82 Å². The fourth-order valence-electron chi connectivity index (χ4n) is 4.60. The maximum absolute atomic E-state index is 13.7. The van der Waals surface area contributed by atoms with Crippen LogP contribution in [0.3, 0.4) is 0 Å². The minimum atomic E-state index is -0.613. The number of urea groups is 1. The highest BCUT2D eigenvalue weighted by atomic mass is 16.3. The molecule has 1 aliphatic rings. The first-order chi connectivity index (χ1) is 16.1. The molecule has 0 aromatic carbocycles. The summed E-state index contributed by atoms with van der Waals surface area (Å²) in [6.45, 7) is 12.5. The predicted octanol–water partition coefficient (Wildman–Crippen LogP) is 2.50. The van der Waals surface area contributed by atoms with Crippen molar-refractivity contribution in [3.63, 3.8) is 0 Å². The Hall–Kier alpha value is -2.98. The average molecular weight is 472 g/mol. The van der Waals surface area contributed by atoms with E-state index >= 15 is 0 Å². The molecule has 10 heteroatoms. The zero-order valence-corrected chi connectivity index (χ0v) is 21.0. The molecule has 0 radical (unpaired) electrons. The van der Waals surface area contributed by atoms with Gasteiger partial charge in [-0.1, -0.05) is 13.0 Å². The van der Waals surface area contributed by atoms with Crippen molar-refractivity contribution in [2.75, 3.05) is 38.6 Å². The molecule has 3 rings (SSSR count). The Kier molecular flexibility index (Phi) is 7.93. The van der Waals surface area contributed by atoms with E-state index < -0.39 is 5.54 Å². The van der Waals surface area contributed by atoms with Gasteiger partial charge in [-0.3, -0.25) is 14.9 Å². The fourth-order valence-corrected chi connectivity index (χ4v) is 4.60. The molecule has 34 heavy (non-hydrogen) atoms. The van der Waals surface area contributed by atoms with Crippen LogP contribution in [0.25, 0.3) is 0 Å². The number of H-pyrrole nitrogens is 1. The third-order valence-corrected chi connectivity index (χ3v) is 6.46. The number of hydrogen-bond donors (Lipinski definition) is 3. The van der Waals surface area contributed by atoms with Gasteiger partial charge in [0.25, 0.3) is 5.91 Å². The first-order valence-corrected chi connectivity index (χ1v) is 11.8. The van der Waals surface area contributed by atoms with Crippen LogP contribution >= 0.6 is 0 Å². The van der Waals surface area contributed by atoms with E-state index in [0.29, 0.717) is 31.1 Å². The highest BCUT2D eigenvalue weighted by molar-refractivity contribution is 6.02. The first-order valence-electron chi connectivity index (χ1n) is 11.8. The van der Waals surface area contributed by atoms with E-state index in [-0.39, 0.29) is 30.5 Å². The highest BCUT2D eigenvalue weighted by Crippen LogP contribution is 2.41. The molecule has 0 saturated heterocycles. The van der Waals surface area contributed by atoms with E-state index in [2.05, 4.69) is 25.4 Å². The lowest BCUT2D eigenvalue weighted by Gasteiger charge is -2.39. The molecule has 10 nitrogen and oxygen atoms in total. The van der Waals surface area contributed by atoms with E-state index in [1.807, 2.05) is 51.5 Å². The van der Waals surface area contributed by atoms with Gasteiger partial charge in [0, 0.05) is 44.0 Å². The largest absolute Gasteiger partial charge is 0.396 e. The molecule has 1 aliphatic heterocycles. The van der Waals surface area contributed by atoms with Crippen LogP contribution in [0, 0.1) is 5.92 Å². The molecule has 2 aromatic heterocycles. The summed E-state index contributed by atoms with van der Waals surface area (Å²) < 4.78 is 0. The number of carbonyl (C=O) groups excluding carboxylic acids is 2. The lowest BCUT2D eigenvalue weighted by atomic mass is 10.0. The number of aromatic nitrogens is 3. The van der Waals surface area contributed by atoms with Crippen LogP contribution in [0.15, 0.2) is 24.4 Å². The lowest BCUT2D eigenvalue weighted by Crippen LogP contribution is -2.53. The number of pyridine rings is 1. The van der Waals surface area contributed by atoms with Crippen LogP contribution < -0.4 is 5.32 Å². The smallest absolute Gasteiger partial charge is 0.321 e. The van der Waals surface area contributed by atoms with Crippen LogP contribution in [-0.4, -0.2) is 86.3 Å². The van der Waals surface area contributed by atoms with E-state index in [1.165, 1.54) is 0 Å². The van der Waals surface area contributed by atoms with Gasteiger partial charge in [-0.2, -0.15) is 5.10 Å². The van der Waals surface area contributed by atoms with Gasteiger partial charge in [0.05, 0.1) is 17.8 Å².